The van der Waals surface area contributed by atoms with Gasteiger partial charge in [0.1, 0.15) is 5.82 Å². The summed E-state index contributed by atoms with van der Waals surface area (Å²) in [7, 11) is 2.08. The van der Waals surface area contributed by atoms with E-state index in [1.165, 1.54) is 25.1 Å². The van der Waals surface area contributed by atoms with Crippen LogP contribution in [0.5, 0.6) is 0 Å². The molecule has 2 heterocycles. The normalized spacial score (nSPS) is 19.2. The van der Waals surface area contributed by atoms with Crippen LogP contribution in [0.1, 0.15) is 54.2 Å². The summed E-state index contributed by atoms with van der Waals surface area (Å²) in [5.41, 5.74) is 2.87. The molecular weight excluding hydrogens is 262 g/mol. The Balaban J connectivity index is 1.68. The molecule has 2 aromatic rings. The van der Waals surface area contributed by atoms with Gasteiger partial charge < -0.3 is 9.47 Å². The van der Waals surface area contributed by atoms with Gasteiger partial charge >= 0.3 is 0 Å². The van der Waals surface area contributed by atoms with Crippen LogP contribution in [0.3, 0.4) is 0 Å². The quantitative estimate of drug-likeness (QED) is 0.849. The number of hydrogen-bond acceptors (Lipinski definition) is 2. The summed E-state index contributed by atoms with van der Waals surface area (Å²) in [5, 5.41) is 0. The van der Waals surface area contributed by atoms with Gasteiger partial charge in [0.15, 0.2) is 0 Å². The molecule has 110 valence electrons. The minimum Gasteiger partial charge on any atom is -0.339 e. The Morgan fingerprint density at radius 3 is 2.67 bits per heavy atom. The summed E-state index contributed by atoms with van der Waals surface area (Å²) in [4.78, 5) is 19.3. The summed E-state index contributed by atoms with van der Waals surface area (Å²) >= 11 is 0. The fourth-order valence-corrected chi connectivity index (χ4v) is 3.34. The number of carbonyl (C=O) groups excluding carboxylic acids is 1. The second-order valence-electron chi connectivity index (χ2n) is 6.36. The molecular formula is C17H21N3O. The van der Waals surface area contributed by atoms with Crippen molar-refractivity contribution in [2.75, 3.05) is 13.1 Å². The van der Waals surface area contributed by atoms with Crippen molar-refractivity contribution in [3.8, 4) is 0 Å². The van der Waals surface area contributed by atoms with Crippen LogP contribution in [0.4, 0.5) is 0 Å². The number of nitrogens with zero attached hydrogens (tertiary/aromatic N) is 3. The number of rotatable bonds is 2. The van der Waals surface area contributed by atoms with Crippen molar-refractivity contribution in [2.24, 2.45) is 7.05 Å². The molecule has 1 aromatic carbocycles. The lowest BCUT2D eigenvalue weighted by Gasteiger charge is -2.26. The maximum absolute atomic E-state index is 12.6. The third-order valence-electron chi connectivity index (χ3n) is 4.75. The van der Waals surface area contributed by atoms with E-state index in [-0.39, 0.29) is 5.91 Å². The second kappa shape index (κ2) is 4.86. The third kappa shape index (κ3) is 2.23. The number of likely N-dealkylation sites (tertiary alicyclic amines) is 1. The summed E-state index contributed by atoms with van der Waals surface area (Å²) in [6.45, 7) is 1.79. The van der Waals surface area contributed by atoms with Crippen molar-refractivity contribution in [3.63, 3.8) is 0 Å². The molecule has 0 spiro atoms. The van der Waals surface area contributed by atoms with Gasteiger partial charge in [-0.3, -0.25) is 4.79 Å². The molecule has 0 N–H and O–H groups in total. The summed E-state index contributed by atoms with van der Waals surface area (Å²) < 4.78 is 2.18. The Labute approximate surface area is 124 Å². The number of imidazole rings is 1. The first-order valence-electron chi connectivity index (χ1n) is 8.00. The molecule has 4 rings (SSSR count). The monoisotopic (exact) mass is 283 g/mol. The summed E-state index contributed by atoms with van der Waals surface area (Å²) in [6, 6.07) is 5.97. The van der Waals surface area contributed by atoms with Crippen LogP contribution in [0, 0.1) is 0 Å². The van der Waals surface area contributed by atoms with Crippen LogP contribution >= 0.6 is 0 Å². The van der Waals surface area contributed by atoms with Gasteiger partial charge in [0.05, 0.1) is 11.0 Å². The van der Waals surface area contributed by atoms with Crippen molar-refractivity contribution in [3.05, 3.63) is 29.6 Å². The zero-order chi connectivity index (χ0) is 14.4. The van der Waals surface area contributed by atoms with Gasteiger partial charge in [-0.1, -0.05) is 0 Å². The molecule has 1 aromatic heterocycles. The van der Waals surface area contributed by atoms with Crippen molar-refractivity contribution in [1.29, 1.82) is 0 Å². The minimum absolute atomic E-state index is 0.162. The molecule has 21 heavy (non-hydrogen) atoms. The molecule has 4 heteroatoms. The van der Waals surface area contributed by atoms with Crippen molar-refractivity contribution < 1.29 is 4.79 Å². The first-order chi connectivity index (χ1) is 10.2. The fraction of sp³-hybridized carbons (Fsp3) is 0.529. The number of benzene rings is 1. The van der Waals surface area contributed by atoms with Crippen LogP contribution in [0.25, 0.3) is 11.0 Å². The second-order valence-corrected chi connectivity index (χ2v) is 6.36. The van der Waals surface area contributed by atoms with E-state index in [9.17, 15) is 4.79 Å². The van der Waals surface area contributed by atoms with Gasteiger partial charge in [0.25, 0.3) is 5.91 Å². The highest BCUT2D eigenvalue weighted by Crippen LogP contribution is 2.40. The predicted molar refractivity (Wildman–Crippen MR) is 82.4 cm³/mol. The van der Waals surface area contributed by atoms with Crippen molar-refractivity contribution in [1.82, 2.24) is 14.5 Å². The Hall–Kier alpha value is -1.84. The number of hydrogen-bond donors (Lipinski definition) is 0. The molecule has 1 saturated carbocycles. The van der Waals surface area contributed by atoms with E-state index < -0.39 is 0 Å². The lowest BCUT2D eigenvalue weighted by atomic mass is 10.1. The first kappa shape index (κ1) is 12.9. The highest BCUT2D eigenvalue weighted by Gasteiger charge is 2.29. The smallest absolute Gasteiger partial charge is 0.253 e. The van der Waals surface area contributed by atoms with E-state index in [4.69, 9.17) is 4.98 Å². The lowest BCUT2D eigenvalue weighted by Crippen LogP contribution is -2.35. The van der Waals surface area contributed by atoms with E-state index in [1.807, 2.05) is 23.1 Å². The Kier molecular flexibility index (Phi) is 2.98. The zero-order valence-electron chi connectivity index (χ0n) is 12.5. The average Bonchev–Trinajstić information content (AvgIpc) is 3.32. The van der Waals surface area contributed by atoms with E-state index in [1.54, 1.807) is 0 Å². The maximum atomic E-state index is 12.6. The number of fused-ring (bicyclic) bond motifs is 1. The third-order valence-corrected chi connectivity index (χ3v) is 4.75. The molecule has 2 fully saturated rings. The molecule has 0 atom stereocenters. The van der Waals surface area contributed by atoms with E-state index in [2.05, 4.69) is 11.6 Å². The van der Waals surface area contributed by atoms with Gasteiger partial charge in [-0.25, -0.2) is 4.98 Å². The van der Waals surface area contributed by atoms with Gasteiger partial charge in [-0.2, -0.15) is 0 Å². The van der Waals surface area contributed by atoms with E-state index in [0.29, 0.717) is 5.92 Å². The zero-order valence-corrected chi connectivity index (χ0v) is 12.5. The molecule has 1 aliphatic carbocycles. The number of aromatic nitrogens is 2. The minimum atomic E-state index is 0.162. The van der Waals surface area contributed by atoms with Crippen LogP contribution in [0.2, 0.25) is 0 Å². The van der Waals surface area contributed by atoms with E-state index in [0.717, 1.165) is 42.5 Å². The SMILES string of the molecule is Cn1c(C2CC2)nc2cc(C(=O)N3CCCCC3)ccc21. The van der Waals surface area contributed by atoms with Gasteiger partial charge in [-0.05, 0) is 50.3 Å². The lowest BCUT2D eigenvalue weighted by molar-refractivity contribution is 0.0724. The van der Waals surface area contributed by atoms with Gasteiger partial charge in [0.2, 0.25) is 0 Å². The number of amides is 1. The Bertz CT molecular complexity index is 693. The largest absolute Gasteiger partial charge is 0.339 e. The van der Waals surface area contributed by atoms with Gasteiger partial charge in [-0.15, -0.1) is 0 Å². The Morgan fingerprint density at radius 1 is 1.19 bits per heavy atom. The van der Waals surface area contributed by atoms with Crippen molar-refractivity contribution in [2.45, 2.75) is 38.0 Å². The van der Waals surface area contributed by atoms with Gasteiger partial charge in [0, 0.05) is 31.6 Å². The first-order valence-corrected chi connectivity index (χ1v) is 8.00. The highest BCUT2D eigenvalue weighted by atomic mass is 16.2. The number of aryl methyl sites for hydroxylation is 1. The molecule has 0 unspecified atom stereocenters. The van der Waals surface area contributed by atoms with Crippen LogP contribution in [-0.2, 0) is 7.05 Å². The average molecular weight is 283 g/mol. The summed E-state index contributed by atoms with van der Waals surface area (Å²) in [6.07, 6.45) is 5.99. The summed E-state index contributed by atoms with van der Waals surface area (Å²) in [5.74, 6) is 1.96. The van der Waals surface area contributed by atoms with Crippen molar-refractivity contribution >= 4 is 16.9 Å². The number of piperidine rings is 1. The van der Waals surface area contributed by atoms with Crippen LogP contribution in [-0.4, -0.2) is 33.4 Å². The Morgan fingerprint density at radius 2 is 1.95 bits per heavy atom. The molecule has 4 nitrogen and oxygen atoms in total. The van der Waals surface area contributed by atoms with Crippen LogP contribution in [0.15, 0.2) is 18.2 Å². The predicted octanol–water partition coefficient (Wildman–Crippen LogP) is 3.08. The molecule has 2 aliphatic rings. The van der Waals surface area contributed by atoms with Crippen LogP contribution < -0.4 is 0 Å². The molecule has 0 bridgehead atoms. The highest BCUT2D eigenvalue weighted by molar-refractivity contribution is 5.97. The maximum Gasteiger partial charge on any atom is 0.253 e. The standard InChI is InChI=1S/C17H21N3O/c1-19-15-8-7-13(17(21)20-9-3-2-4-10-20)11-14(15)18-16(19)12-5-6-12/h7-8,11-12H,2-6,9-10H2,1H3. The topological polar surface area (TPSA) is 38.1 Å². The molecule has 0 radical (unpaired) electrons. The molecule has 1 saturated heterocycles. The molecule has 1 amide bonds. The fourth-order valence-electron chi connectivity index (χ4n) is 3.34. The molecule has 1 aliphatic heterocycles. The number of carbonyl (C=O) groups is 1. The van der Waals surface area contributed by atoms with E-state index >= 15 is 0 Å².